The van der Waals surface area contributed by atoms with Gasteiger partial charge >= 0.3 is 0 Å². The third-order valence-electron chi connectivity index (χ3n) is 4.20. The Morgan fingerprint density at radius 2 is 1.48 bits per heavy atom. The van der Waals surface area contributed by atoms with Crippen molar-refractivity contribution < 1.29 is 8.42 Å². The highest BCUT2D eigenvalue weighted by Gasteiger charge is 2.15. The molecule has 0 bridgehead atoms. The van der Waals surface area contributed by atoms with E-state index in [0.717, 1.165) is 16.9 Å². The first-order valence-corrected chi connectivity index (χ1v) is 10.2. The van der Waals surface area contributed by atoms with Gasteiger partial charge in [0.15, 0.2) is 0 Å². The first-order valence-electron chi connectivity index (χ1n) is 8.76. The summed E-state index contributed by atoms with van der Waals surface area (Å²) in [7, 11) is -3.67. The van der Waals surface area contributed by atoms with Crippen LogP contribution in [-0.4, -0.2) is 13.4 Å². The summed E-state index contributed by atoms with van der Waals surface area (Å²) in [5, 5.41) is 3.23. The summed E-state index contributed by atoms with van der Waals surface area (Å²) in [6.07, 6.45) is 1.60. The van der Waals surface area contributed by atoms with Gasteiger partial charge in [-0.25, -0.2) is 13.4 Å². The highest BCUT2D eigenvalue weighted by Crippen LogP contribution is 2.21. The Kier molecular flexibility index (Phi) is 5.46. The molecule has 2 N–H and O–H groups in total. The van der Waals surface area contributed by atoms with Crippen molar-refractivity contribution in [2.75, 3.05) is 10.0 Å². The van der Waals surface area contributed by atoms with Crippen LogP contribution in [0, 0.1) is 6.92 Å². The summed E-state index contributed by atoms with van der Waals surface area (Å²) >= 11 is 0. The van der Waals surface area contributed by atoms with Crippen LogP contribution >= 0.6 is 0 Å². The maximum atomic E-state index is 12.5. The second-order valence-corrected chi connectivity index (χ2v) is 8.43. The zero-order valence-corrected chi connectivity index (χ0v) is 16.4. The van der Waals surface area contributed by atoms with Crippen LogP contribution in [0.1, 0.15) is 30.9 Å². The highest BCUT2D eigenvalue weighted by atomic mass is 32.2. The lowest BCUT2D eigenvalue weighted by Crippen LogP contribution is -2.14. The number of sulfonamides is 1. The monoisotopic (exact) mass is 381 g/mol. The van der Waals surface area contributed by atoms with E-state index < -0.39 is 10.0 Å². The molecule has 3 rings (SSSR count). The van der Waals surface area contributed by atoms with Gasteiger partial charge in [-0.2, -0.15) is 0 Å². The van der Waals surface area contributed by atoms with Crippen LogP contribution in [-0.2, 0) is 10.0 Å². The fourth-order valence-electron chi connectivity index (χ4n) is 2.56. The lowest BCUT2D eigenvalue weighted by Gasteiger charge is -2.11. The predicted molar refractivity (Wildman–Crippen MR) is 110 cm³/mol. The minimum atomic E-state index is -3.67. The third-order valence-corrected chi connectivity index (χ3v) is 5.57. The van der Waals surface area contributed by atoms with Gasteiger partial charge in [-0.15, -0.1) is 0 Å². The number of nitrogens with one attached hydrogen (secondary N) is 2. The number of anilines is 3. The molecule has 0 atom stereocenters. The van der Waals surface area contributed by atoms with Crippen LogP contribution in [0.2, 0.25) is 0 Å². The largest absolute Gasteiger partial charge is 0.354 e. The van der Waals surface area contributed by atoms with Crippen molar-refractivity contribution in [3.05, 3.63) is 78.0 Å². The van der Waals surface area contributed by atoms with Gasteiger partial charge in [0.05, 0.1) is 16.8 Å². The molecule has 2 aromatic carbocycles. The first-order chi connectivity index (χ1) is 12.8. The van der Waals surface area contributed by atoms with E-state index in [1.807, 2.05) is 43.3 Å². The molecule has 1 heterocycles. The number of rotatable bonds is 6. The molecule has 3 aromatic rings. The van der Waals surface area contributed by atoms with E-state index in [1.54, 1.807) is 30.5 Å². The second-order valence-electron chi connectivity index (χ2n) is 6.75. The number of aryl methyl sites for hydroxylation is 1. The summed E-state index contributed by atoms with van der Waals surface area (Å²) in [5.74, 6) is 0.627. The number of pyridine rings is 1. The summed E-state index contributed by atoms with van der Waals surface area (Å²) in [4.78, 5) is 4.41. The molecule has 0 aliphatic rings. The molecule has 0 fully saturated rings. The molecule has 0 unspecified atom stereocenters. The molecule has 0 saturated heterocycles. The first kappa shape index (κ1) is 18.9. The minimum absolute atomic E-state index is 0.218. The molecule has 27 heavy (non-hydrogen) atoms. The number of hydrogen-bond donors (Lipinski definition) is 2. The van der Waals surface area contributed by atoms with E-state index in [4.69, 9.17) is 0 Å². The Morgan fingerprint density at radius 3 is 2.04 bits per heavy atom. The molecule has 0 radical (unpaired) electrons. The van der Waals surface area contributed by atoms with E-state index in [1.165, 1.54) is 5.56 Å². The number of benzene rings is 2. The van der Waals surface area contributed by atoms with E-state index in [0.29, 0.717) is 5.92 Å². The summed E-state index contributed by atoms with van der Waals surface area (Å²) in [5.41, 5.74) is 4.01. The Hall–Kier alpha value is -2.86. The van der Waals surface area contributed by atoms with E-state index >= 15 is 0 Å². The molecule has 0 aliphatic carbocycles. The quantitative estimate of drug-likeness (QED) is 0.626. The number of hydrogen-bond acceptors (Lipinski definition) is 4. The summed E-state index contributed by atoms with van der Waals surface area (Å²) in [6.45, 7) is 6.17. The van der Waals surface area contributed by atoms with Crippen LogP contribution in [0.4, 0.5) is 17.2 Å². The highest BCUT2D eigenvalue weighted by molar-refractivity contribution is 7.92. The lowest BCUT2D eigenvalue weighted by atomic mass is 10.0. The van der Waals surface area contributed by atoms with Crippen LogP contribution in [0.5, 0.6) is 0 Å². The normalized spacial score (nSPS) is 11.4. The minimum Gasteiger partial charge on any atom is -0.354 e. The van der Waals surface area contributed by atoms with E-state index in [-0.39, 0.29) is 10.7 Å². The molecule has 0 spiro atoms. The van der Waals surface area contributed by atoms with Gasteiger partial charge in [0.2, 0.25) is 0 Å². The SMILES string of the molecule is Cc1ccc(Nc2ccc(NS(=O)(=O)c3ccc(C(C)C)cc3)nc2)cc1. The van der Waals surface area contributed by atoms with Gasteiger partial charge in [-0.3, -0.25) is 4.72 Å². The molecule has 0 amide bonds. The Morgan fingerprint density at radius 1 is 0.852 bits per heavy atom. The zero-order chi connectivity index (χ0) is 19.4. The fourth-order valence-corrected chi connectivity index (χ4v) is 3.57. The van der Waals surface area contributed by atoms with Crippen molar-refractivity contribution in [1.82, 2.24) is 4.98 Å². The second kappa shape index (κ2) is 7.80. The molecule has 6 heteroatoms. The molecule has 5 nitrogen and oxygen atoms in total. The van der Waals surface area contributed by atoms with Crippen LogP contribution in [0.25, 0.3) is 0 Å². The van der Waals surface area contributed by atoms with E-state index in [9.17, 15) is 8.42 Å². The smallest absolute Gasteiger partial charge is 0.263 e. The maximum absolute atomic E-state index is 12.5. The number of aromatic nitrogens is 1. The average molecular weight is 382 g/mol. The molecular formula is C21H23N3O2S. The van der Waals surface area contributed by atoms with Crippen molar-refractivity contribution in [1.29, 1.82) is 0 Å². The van der Waals surface area contributed by atoms with Crippen molar-refractivity contribution in [3.8, 4) is 0 Å². The zero-order valence-electron chi connectivity index (χ0n) is 15.6. The Balaban J connectivity index is 1.70. The van der Waals surface area contributed by atoms with Gasteiger partial charge in [-0.05, 0) is 54.8 Å². The lowest BCUT2D eigenvalue weighted by molar-refractivity contribution is 0.601. The molecule has 0 saturated carbocycles. The summed E-state index contributed by atoms with van der Waals surface area (Å²) < 4.78 is 27.6. The van der Waals surface area contributed by atoms with Gasteiger partial charge in [0.1, 0.15) is 5.82 Å². The van der Waals surface area contributed by atoms with Gasteiger partial charge in [0.25, 0.3) is 10.0 Å². The van der Waals surface area contributed by atoms with Gasteiger partial charge in [-0.1, -0.05) is 43.7 Å². The average Bonchev–Trinajstić information content (AvgIpc) is 2.65. The van der Waals surface area contributed by atoms with Crippen molar-refractivity contribution in [2.45, 2.75) is 31.6 Å². The van der Waals surface area contributed by atoms with Crippen LogP contribution < -0.4 is 10.0 Å². The maximum Gasteiger partial charge on any atom is 0.263 e. The standard InChI is InChI=1S/C21H23N3O2S/c1-15(2)17-6-11-20(12-7-17)27(25,26)24-21-13-10-19(14-22-21)23-18-8-4-16(3)5-9-18/h4-15,23H,1-3H3,(H,22,24). The molecule has 1 aromatic heterocycles. The van der Waals surface area contributed by atoms with Gasteiger partial charge < -0.3 is 5.32 Å². The Labute approximate surface area is 160 Å². The molecular weight excluding hydrogens is 358 g/mol. The predicted octanol–water partition coefficient (Wildman–Crippen LogP) is 5.06. The Bertz CT molecular complexity index is 995. The van der Waals surface area contributed by atoms with Crippen molar-refractivity contribution >= 4 is 27.2 Å². The van der Waals surface area contributed by atoms with Crippen molar-refractivity contribution in [2.24, 2.45) is 0 Å². The fraction of sp³-hybridized carbons (Fsp3) is 0.190. The number of nitrogens with zero attached hydrogens (tertiary/aromatic N) is 1. The van der Waals surface area contributed by atoms with Crippen LogP contribution in [0.3, 0.4) is 0 Å². The molecule has 0 aliphatic heterocycles. The topological polar surface area (TPSA) is 71.1 Å². The molecule has 140 valence electrons. The van der Waals surface area contributed by atoms with Crippen LogP contribution in [0.15, 0.2) is 71.8 Å². The summed E-state index contributed by atoms with van der Waals surface area (Å²) in [6, 6.07) is 18.3. The van der Waals surface area contributed by atoms with E-state index in [2.05, 4.69) is 28.9 Å². The van der Waals surface area contributed by atoms with Gasteiger partial charge in [0, 0.05) is 5.69 Å². The van der Waals surface area contributed by atoms with Crippen molar-refractivity contribution in [3.63, 3.8) is 0 Å². The third kappa shape index (κ3) is 4.86.